The van der Waals surface area contributed by atoms with Crippen LogP contribution in [-0.2, 0) is 11.3 Å². The van der Waals surface area contributed by atoms with E-state index in [0.29, 0.717) is 25.2 Å². The molecule has 2 bridgehead atoms. The molecule has 1 aromatic carbocycles. The predicted molar refractivity (Wildman–Crippen MR) is 91.5 cm³/mol. The largest absolute Gasteiger partial charge is 0.351 e. The van der Waals surface area contributed by atoms with Gasteiger partial charge in [0.2, 0.25) is 5.91 Å². The minimum atomic E-state index is 0. The zero-order chi connectivity index (χ0) is 14.7. The van der Waals surface area contributed by atoms with Crippen LogP contribution >= 0.6 is 24.0 Å². The maximum Gasteiger partial charge on any atom is 0.234 e. The maximum atomic E-state index is 12.1. The number of likely N-dealkylation sites (tertiary alicyclic amines) is 1. The molecule has 122 valence electrons. The lowest BCUT2D eigenvalue weighted by atomic mass is 10.1. The quantitative estimate of drug-likeness (QED) is 0.880. The van der Waals surface area contributed by atoms with Crippen LogP contribution < -0.4 is 10.6 Å². The third kappa shape index (κ3) is 4.85. The molecule has 2 saturated heterocycles. The van der Waals surface area contributed by atoms with Crippen LogP contribution in [0, 0.1) is 0 Å². The Labute approximate surface area is 143 Å². The van der Waals surface area contributed by atoms with Gasteiger partial charge in [0.25, 0.3) is 0 Å². The highest BCUT2D eigenvalue weighted by Gasteiger charge is 2.29. The number of amides is 1. The van der Waals surface area contributed by atoms with E-state index in [0.717, 1.165) is 30.1 Å². The molecule has 2 atom stereocenters. The molecule has 2 unspecified atom stereocenters. The molecule has 2 fully saturated rings. The molecule has 0 aromatic heterocycles. The molecule has 0 spiro atoms. The summed E-state index contributed by atoms with van der Waals surface area (Å²) in [4.78, 5) is 14.3. The van der Waals surface area contributed by atoms with Crippen LogP contribution in [-0.4, -0.2) is 42.5 Å². The van der Waals surface area contributed by atoms with E-state index in [2.05, 4.69) is 15.5 Å². The van der Waals surface area contributed by atoms with Gasteiger partial charge in [0.05, 0.1) is 6.54 Å². The molecule has 2 heterocycles. The first-order valence-corrected chi connectivity index (χ1v) is 8.06. The first kappa shape index (κ1) is 17.5. The summed E-state index contributed by atoms with van der Waals surface area (Å²) < 4.78 is 0. The maximum absolute atomic E-state index is 12.1. The van der Waals surface area contributed by atoms with E-state index in [1.807, 2.05) is 24.3 Å². The molecule has 3 rings (SSSR count). The summed E-state index contributed by atoms with van der Waals surface area (Å²) >= 11 is 5.85. The van der Waals surface area contributed by atoms with E-state index in [1.165, 1.54) is 12.8 Å². The number of carbonyl (C=O) groups excluding carboxylic acids is 1. The third-order valence-electron chi connectivity index (χ3n) is 4.38. The molecule has 2 aliphatic heterocycles. The van der Waals surface area contributed by atoms with Crippen molar-refractivity contribution in [1.82, 2.24) is 15.5 Å². The third-order valence-corrected chi connectivity index (χ3v) is 4.63. The van der Waals surface area contributed by atoms with E-state index in [9.17, 15) is 4.79 Å². The first-order chi connectivity index (χ1) is 10.2. The predicted octanol–water partition coefficient (Wildman–Crippen LogP) is 2.20. The van der Waals surface area contributed by atoms with Crippen molar-refractivity contribution in [3.05, 3.63) is 34.9 Å². The number of rotatable bonds is 4. The van der Waals surface area contributed by atoms with Crippen molar-refractivity contribution in [3.8, 4) is 0 Å². The standard InChI is InChI=1S/C16H22ClN3O.ClH/c17-13-3-1-12(2-4-13)9-18-16(21)11-20-8-7-14-5-6-15(10-20)19-14;/h1-4,14-15,19H,5-11H2,(H,18,21);1H. The SMILES string of the molecule is Cl.O=C(CN1CCC2CCC(C1)N2)NCc1ccc(Cl)cc1. The smallest absolute Gasteiger partial charge is 0.234 e. The van der Waals surface area contributed by atoms with Gasteiger partial charge in [0.1, 0.15) is 0 Å². The van der Waals surface area contributed by atoms with Crippen LogP contribution in [0.25, 0.3) is 0 Å². The van der Waals surface area contributed by atoms with Gasteiger partial charge in [-0.1, -0.05) is 23.7 Å². The number of benzene rings is 1. The Morgan fingerprint density at radius 1 is 1.23 bits per heavy atom. The van der Waals surface area contributed by atoms with Gasteiger partial charge in [0.15, 0.2) is 0 Å². The molecule has 0 radical (unpaired) electrons. The molecular formula is C16H23Cl2N3O. The van der Waals surface area contributed by atoms with Crippen molar-refractivity contribution in [2.24, 2.45) is 0 Å². The summed E-state index contributed by atoms with van der Waals surface area (Å²) in [5.74, 6) is 0.0997. The summed E-state index contributed by atoms with van der Waals surface area (Å²) in [6.45, 7) is 3.07. The number of halogens is 2. The highest BCUT2D eigenvalue weighted by molar-refractivity contribution is 6.30. The van der Waals surface area contributed by atoms with Crippen LogP contribution in [0.3, 0.4) is 0 Å². The van der Waals surface area contributed by atoms with Crippen LogP contribution in [0.15, 0.2) is 24.3 Å². The molecule has 2 aliphatic rings. The van der Waals surface area contributed by atoms with E-state index in [1.54, 1.807) is 0 Å². The van der Waals surface area contributed by atoms with E-state index < -0.39 is 0 Å². The second kappa shape index (κ2) is 8.16. The minimum Gasteiger partial charge on any atom is -0.351 e. The van der Waals surface area contributed by atoms with Gasteiger partial charge in [-0.25, -0.2) is 0 Å². The molecule has 0 saturated carbocycles. The Morgan fingerprint density at radius 2 is 1.95 bits per heavy atom. The van der Waals surface area contributed by atoms with E-state index >= 15 is 0 Å². The molecule has 22 heavy (non-hydrogen) atoms. The number of hydrogen-bond acceptors (Lipinski definition) is 3. The van der Waals surface area contributed by atoms with E-state index in [-0.39, 0.29) is 18.3 Å². The summed E-state index contributed by atoms with van der Waals surface area (Å²) in [6.07, 6.45) is 3.69. The van der Waals surface area contributed by atoms with Gasteiger partial charge in [-0.05, 0) is 37.0 Å². The Hall–Kier alpha value is -0.810. The van der Waals surface area contributed by atoms with E-state index in [4.69, 9.17) is 11.6 Å². The van der Waals surface area contributed by atoms with Gasteiger partial charge >= 0.3 is 0 Å². The van der Waals surface area contributed by atoms with Crippen molar-refractivity contribution < 1.29 is 4.79 Å². The fraction of sp³-hybridized carbons (Fsp3) is 0.562. The fourth-order valence-corrected chi connectivity index (χ4v) is 3.35. The summed E-state index contributed by atoms with van der Waals surface area (Å²) in [6, 6.07) is 8.81. The summed E-state index contributed by atoms with van der Waals surface area (Å²) in [5.41, 5.74) is 1.07. The monoisotopic (exact) mass is 343 g/mol. The molecule has 6 heteroatoms. The number of fused-ring (bicyclic) bond motifs is 2. The van der Waals surface area contributed by atoms with Gasteiger partial charge in [-0.15, -0.1) is 12.4 Å². The van der Waals surface area contributed by atoms with Crippen molar-refractivity contribution in [2.45, 2.75) is 37.9 Å². The number of hydrogen-bond donors (Lipinski definition) is 2. The van der Waals surface area contributed by atoms with Crippen LogP contribution in [0.2, 0.25) is 5.02 Å². The van der Waals surface area contributed by atoms with Crippen molar-refractivity contribution in [1.29, 1.82) is 0 Å². The first-order valence-electron chi connectivity index (χ1n) is 7.68. The lowest BCUT2D eigenvalue weighted by Gasteiger charge is -2.23. The number of nitrogens with zero attached hydrogens (tertiary/aromatic N) is 1. The lowest BCUT2D eigenvalue weighted by Crippen LogP contribution is -2.41. The van der Waals surface area contributed by atoms with Crippen molar-refractivity contribution >= 4 is 29.9 Å². The zero-order valence-corrected chi connectivity index (χ0v) is 14.1. The van der Waals surface area contributed by atoms with Crippen LogP contribution in [0.5, 0.6) is 0 Å². The normalized spacial score (nSPS) is 24.4. The Balaban J connectivity index is 0.00000176. The second-order valence-electron chi connectivity index (χ2n) is 6.06. The highest BCUT2D eigenvalue weighted by atomic mass is 35.5. The Bertz CT molecular complexity index is 495. The average molecular weight is 344 g/mol. The van der Waals surface area contributed by atoms with Crippen LogP contribution in [0.1, 0.15) is 24.8 Å². The fourth-order valence-electron chi connectivity index (χ4n) is 3.22. The van der Waals surface area contributed by atoms with Gasteiger partial charge in [-0.3, -0.25) is 9.69 Å². The second-order valence-corrected chi connectivity index (χ2v) is 6.50. The molecule has 1 amide bonds. The minimum absolute atomic E-state index is 0. The molecular weight excluding hydrogens is 321 g/mol. The summed E-state index contributed by atoms with van der Waals surface area (Å²) in [7, 11) is 0. The molecule has 0 aliphatic carbocycles. The Kier molecular flexibility index (Phi) is 6.50. The van der Waals surface area contributed by atoms with Gasteiger partial charge in [0, 0.05) is 36.7 Å². The molecule has 2 N–H and O–H groups in total. The average Bonchev–Trinajstić information content (AvgIpc) is 2.81. The Morgan fingerprint density at radius 3 is 2.73 bits per heavy atom. The molecule has 4 nitrogen and oxygen atoms in total. The van der Waals surface area contributed by atoms with Gasteiger partial charge in [-0.2, -0.15) is 0 Å². The zero-order valence-electron chi connectivity index (χ0n) is 12.6. The lowest BCUT2D eigenvalue weighted by molar-refractivity contribution is -0.122. The van der Waals surface area contributed by atoms with Crippen LogP contribution in [0.4, 0.5) is 0 Å². The topological polar surface area (TPSA) is 44.4 Å². The van der Waals surface area contributed by atoms with Gasteiger partial charge < -0.3 is 10.6 Å². The van der Waals surface area contributed by atoms with Crippen molar-refractivity contribution in [2.75, 3.05) is 19.6 Å². The number of carbonyl (C=O) groups is 1. The highest BCUT2D eigenvalue weighted by Crippen LogP contribution is 2.20. The summed E-state index contributed by atoms with van der Waals surface area (Å²) in [5, 5.41) is 7.34. The number of nitrogens with one attached hydrogen (secondary N) is 2. The van der Waals surface area contributed by atoms with Crippen molar-refractivity contribution in [3.63, 3.8) is 0 Å². The molecule has 1 aromatic rings.